The molecule has 0 saturated carbocycles. The molecule has 4 nitrogen and oxygen atoms in total. The van der Waals surface area contributed by atoms with Gasteiger partial charge in [0.2, 0.25) is 0 Å². The van der Waals surface area contributed by atoms with E-state index >= 15 is 0 Å². The van der Waals surface area contributed by atoms with E-state index in [2.05, 4.69) is 11.9 Å². The van der Waals surface area contributed by atoms with Crippen molar-refractivity contribution >= 4 is 11.3 Å². The van der Waals surface area contributed by atoms with Crippen LogP contribution in [0.25, 0.3) is 0 Å². The van der Waals surface area contributed by atoms with Gasteiger partial charge in [-0.15, -0.1) is 11.3 Å². The number of aromatic nitrogens is 1. The van der Waals surface area contributed by atoms with E-state index in [1.165, 1.54) is 0 Å². The summed E-state index contributed by atoms with van der Waals surface area (Å²) in [5.41, 5.74) is 7.92. The molecule has 0 aliphatic carbocycles. The molecule has 2 aromatic rings. The van der Waals surface area contributed by atoms with Gasteiger partial charge in [-0.3, -0.25) is 0 Å². The van der Waals surface area contributed by atoms with Crippen LogP contribution in [0.15, 0.2) is 23.6 Å². The zero-order valence-corrected chi connectivity index (χ0v) is 13.6. The van der Waals surface area contributed by atoms with Gasteiger partial charge in [0.05, 0.1) is 17.8 Å². The summed E-state index contributed by atoms with van der Waals surface area (Å²) in [6, 6.07) is 5.96. The fourth-order valence-electron chi connectivity index (χ4n) is 2.12. The zero-order valence-electron chi connectivity index (χ0n) is 12.8. The topological polar surface area (TPSA) is 57.4 Å². The third-order valence-electron chi connectivity index (χ3n) is 3.09. The summed E-state index contributed by atoms with van der Waals surface area (Å²) < 4.78 is 11.4. The van der Waals surface area contributed by atoms with Crippen LogP contribution in [0.1, 0.15) is 30.1 Å². The molecule has 2 N–H and O–H groups in total. The molecule has 0 aliphatic heterocycles. The fourth-order valence-corrected chi connectivity index (χ4v) is 2.85. The largest absolute Gasteiger partial charge is 0.493 e. The molecule has 1 unspecified atom stereocenters. The third-order valence-corrected chi connectivity index (χ3v) is 4.13. The Morgan fingerprint density at radius 1 is 1.38 bits per heavy atom. The Bertz CT molecular complexity index is 581. The first-order valence-corrected chi connectivity index (χ1v) is 7.99. The molecule has 0 bridgehead atoms. The first-order chi connectivity index (χ1) is 10.1. The van der Waals surface area contributed by atoms with E-state index in [4.69, 9.17) is 15.2 Å². The smallest absolute Gasteiger partial charge is 0.164 e. The van der Waals surface area contributed by atoms with Gasteiger partial charge in [-0.1, -0.05) is 19.1 Å². The highest BCUT2D eigenvalue weighted by atomic mass is 32.1. The SMILES string of the molecule is CCc1nc(COc2c(CC(C)N)cccc2OC)cs1. The maximum absolute atomic E-state index is 5.97. The van der Waals surface area contributed by atoms with E-state index in [-0.39, 0.29) is 6.04 Å². The summed E-state index contributed by atoms with van der Waals surface area (Å²) in [5.74, 6) is 1.50. The predicted octanol–water partition coefficient (Wildman–Crippen LogP) is 3.18. The standard InChI is InChI=1S/C16H22N2O2S/c1-4-15-18-13(10-21-15)9-20-16-12(8-11(2)17)6-5-7-14(16)19-3/h5-7,10-11H,4,8-9,17H2,1-3H3. The number of hydrogen-bond acceptors (Lipinski definition) is 5. The number of hydrogen-bond donors (Lipinski definition) is 1. The Morgan fingerprint density at radius 3 is 2.81 bits per heavy atom. The van der Waals surface area contributed by atoms with Gasteiger partial charge in [0.1, 0.15) is 6.61 Å². The molecule has 1 heterocycles. The summed E-state index contributed by atoms with van der Waals surface area (Å²) in [6.07, 6.45) is 1.71. The van der Waals surface area contributed by atoms with Gasteiger partial charge in [0.25, 0.3) is 0 Å². The van der Waals surface area contributed by atoms with Gasteiger partial charge < -0.3 is 15.2 Å². The second-order valence-electron chi connectivity index (χ2n) is 5.00. The van der Waals surface area contributed by atoms with Crippen LogP contribution in [-0.2, 0) is 19.4 Å². The Kier molecular flexibility index (Phi) is 5.59. The average Bonchev–Trinajstić information content (AvgIpc) is 2.93. The maximum Gasteiger partial charge on any atom is 0.164 e. The summed E-state index contributed by atoms with van der Waals surface area (Å²) in [6.45, 7) is 4.53. The second-order valence-corrected chi connectivity index (χ2v) is 5.95. The number of rotatable bonds is 7. The summed E-state index contributed by atoms with van der Waals surface area (Å²) in [7, 11) is 1.65. The van der Waals surface area contributed by atoms with Gasteiger partial charge in [-0.25, -0.2) is 4.98 Å². The molecule has 5 heteroatoms. The molecular weight excluding hydrogens is 284 g/mol. The number of thiazole rings is 1. The molecule has 0 saturated heterocycles. The highest BCUT2D eigenvalue weighted by Gasteiger charge is 2.13. The van der Waals surface area contributed by atoms with Crippen molar-refractivity contribution in [1.82, 2.24) is 4.98 Å². The van der Waals surface area contributed by atoms with Gasteiger partial charge in [0, 0.05) is 11.4 Å². The maximum atomic E-state index is 5.97. The molecular formula is C16H22N2O2S. The van der Waals surface area contributed by atoms with Crippen LogP contribution in [0.2, 0.25) is 0 Å². The van der Waals surface area contributed by atoms with Crippen molar-refractivity contribution in [1.29, 1.82) is 0 Å². The lowest BCUT2D eigenvalue weighted by Gasteiger charge is -2.15. The van der Waals surface area contributed by atoms with E-state index in [9.17, 15) is 0 Å². The Morgan fingerprint density at radius 2 is 2.19 bits per heavy atom. The van der Waals surface area contributed by atoms with E-state index < -0.39 is 0 Å². The van der Waals surface area contributed by atoms with Crippen LogP contribution in [0.4, 0.5) is 0 Å². The second kappa shape index (κ2) is 7.43. The molecule has 2 rings (SSSR count). The van der Waals surface area contributed by atoms with Crippen LogP contribution < -0.4 is 15.2 Å². The van der Waals surface area contributed by atoms with Crippen molar-refractivity contribution in [3.05, 3.63) is 39.8 Å². The average molecular weight is 306 g/mol. The van der Waals surface area contributed by atoms with Crippen molar-refractivity contribution in [3.8, 4) is 11.5 Å². The number of ether oxygens (including phenoxy) is 2. The van der Waals surface area contributed by atoms with E-state index in [1.807, 2.05) is 30.5 Å². The Labute approximate surface area is 129 Å². The molecule has 0 spiro atoms. The van der Waals surface area contributed by atoms with Crippen LogP contribution in [0.5, 0.6) is 11.5 Å². The minimum atomic E-state index is 0.0745. The molecule has 0 amide bonds. The number of nitrogens with two attached hydrogens (primary N) is 1. The molecule has 114 valence electrons. The number of methoxy groups -OCH3 is 1. The van der Waals surface area contributed by atoms with Gasteiger partial charge in [0.15, 0.2) is 11.5 Å². The van der Waals surface area contributed by atoms with Gasteiger partial charge in [-0.05, 0) is 31.4 Å². The summed E-state index contributed by atoms with van der Waals surface area (Å²) in [5, 5.41) is 3.17. The molecule has 0 radical (unpaired) electrons. The monoisotopic (exact) mass is 306 g/mol. The van der Waals surface area contributed by atoms with Gasteiger partial charge >= 0.3 is 0 Å². The molecule has 1 aromatic heterocycles. The van der Waals surface area contributed by atoms with Crippen molar-refractivity contribution in [2.24, 2.45) is 5.73 Å². The lowest BCUT2D eigenvalue weighted by Crippen LogP contribution is -2.18. The molecule has 1 atom stereocenters. The van der Waals surface area contributed by atoms with Gasteiger partial charge in [-0.2, -0.15) is 0 Å². The Hall–Kier alpha value is -1.59. The van der Waals surface area contributed by atoms with Crippen molar-refractivity contribution < 1.29 is 9.47 Å². The number of nitrogens with zero attached hydrogens (tertiary/aromatic N) is 1. The fraction of sp³-hybridized carbons (Fsp3) is 0.438. The lowest BCUT2D eigenvalue weighted by molar-refractivity contribution is 0.277. The third kappa shape index (κ3) is 4.19. The van der Waals surface area contributed by atoms with E-state index in [0.717, 1.165) is 40.6 Å². The lowest BCUT2D eigenvalue weighted by atomic mass is 10.1. The van der Waals surface area contributed by atoms with Crippen LogP contribution in [0, 0.1) is 0 Å². The number of aryl methyl sites for hydroxylation is 1. The zero-order chi connectivity index (χ0) is 15.2. The van der Waals surface area contributed by atoms with E-state index in [0.29, 0.717) is 6.61 Å². The van der Waals surface area contributed by atoms with Crippen LogP contribution in [-0.4, -0.2) is 18.1 Å². The Balaban J connectivity index is 2.16. The highest BCUT2D eigenvalue weighted by Crippen LogP contribution is 2.32. The molecule has 21 heavy (non-hydrogen) atoms. The first kappa shape index (κ1) is 15.8. The van der Waals surface area contributed by atoms with Crippen LogP contribution in [0.3, 0.4) is 0 Å². The van der Waals surface area contributed by atoms with Crippen LogP contribution >= 0.6 is 11.3 Å². The summed E-state index contributed by atoms with van der Waals surface area (Å²) >= 11 is 1.67. The minimum Gasteiger partial charge on any atom is -0.493 e. The quantitative estimate of drug-likeness (QED) is 0.853. The molecule has 0 aliphatic rings. The van der Waals surface area contributed by atoms with Crippen molar-refractivity contribution in [2.45, 2.75) is 39.3 Å². The predicted molar refractivity (Wildman–Crippen MR) is 86.2 cm³/mol. The first-order valence-electron chi connectivity index (χ1n) is 7.11. The molecule has 1 aromatic carbocycles. The summed E-state index contributed by atoms with van der Waals surface area (Å²) in [4.78, 5) is 4.52. The van der Waals surface area contributed by atoms with E-state index in [1.54, 1.807) is 18.4 Å². The number of benzene rings is 1. The van der Waals surface area contributed by atoms with Crippen molar-refractivity contribution in [3.63, 3.8) is 0 Å². The normalized spacial score (nSPS) is 12.2. The number of para-hydroxylation sites is 1. The molecule has 0 fully saturated rings. The van der Waals surface area contributed by atoms with Crippen molar-refractivity contribution in [2.75, 3.05) is 7.11 Å². The minimum absolute atomic E-state index is 0.0745. The highest BCUT2D eigenvalue weighted by molar-refractivity contribution is 7.09.